The van der Waals surface area contributed by atoms with Crippen LogP contribution in [0.1, 0.15) is 52.5 Å². The molecule has 43 heavy (non-hydrogen) atoms. The average Bonchev–Trinajstić information content (AvgIpc) is 3.66. The van der Waals surface area contributed by atoms with Crippen LogP contribution in [-0.4, -0.2) is 80.1 Å². The lowest BCUT2D eigenvalue weighted by Gasteiger charge is -2.42. The van der Waals surface area contributed by atoms with E-state index < -0.39 is 53.7 Å². The average molecular weight is 621 g/mol. The molecule has 0 spiro atoms. The number of hydrogen-bond donors (Lipinski definition) is 2. The Hall–Kier alpha value is -3.12. The molecule has 236 valence electrons. The standard InChI is InChI=1S/C31H41ClN2O9/c1-8-26(36)42-24-15-25(35)34(5)20-13-19(14-21(39-6)27(20)32)12-17(2)10-9-11-23(40-7)31(38)16-22(41-29(37)33-31)18(3)28-30(24,4)43-28/h9-11,13-14,18,22-24,28,38H,8,12,15-16H2,1-7H3,(H,33,37)/b11-9?,17-10+/t18-,22+,23-,24+,28-,30+,31+/m1/s1. The molecule has 2 N–H and O–H groups in total. The molecule has 3 aliphatic heterocycles. The minimum atomic E-state index is -1.76. The second kappa shape index (κ2) is 12.9. The van der Waals surface area contributed by atoms with Gasteiger partial charge in [-0.05, 0) is 38.0 Å². The molecular weight excluding hydrogens is 580 g/mol. The minimum Gasteiger partial charge on any atom is -0.495 e. The molecular formula is C31H41ClN2O9. The number of fused-ring (bicyclic) bond motifs is 5. The molecule has 3 heterocycles. The second-order valence-corrected chi connectivity index (χ2v) is 12.0. The first-order valence-corrected chi connectivity index (χ1v) is 14.7. The smallest absolute Gasteiger partial charge is 0.409 e. The number of epoxide rings is 1. The van der Waals surface area contributed by atoms with E-state index >= 15 is 0 Å². The second-order valence-electron chi connectivity index (χ2n) is 11.6. The molecule has 1 aromatic carbocycles. The van der Waals surface area contributed by atoms with Crippen molar-refractivity contribution in [2.75, 3.05) is 26.2 Å². The van der Waals surface area contributed by atoms with Gasteiger partial charge in [-0.15, -0.1) is 0 Å². The highest BCUT2D eigenvalue weighted by atomic mass is 35.5. The Kier molecular flexibility index (Phi) is 9.80. The van der Waals surface area contributed by atoms with Gasteiger partial charge in [-0.25, -0.2) is 4.79 Å². The summed E-state index contributed by atoms with van der Waals surface area (Å²) in [7, 11) is 4.56. The number of ether oxygens (including phenoxy) is 5. The number of carbonyl (C=O) groups is 3. The summed E-state index contributed by atoms with van der Waals surface area (Å²) in [6, 6.07) is 3.63. The number of rotatable bonds is 4. The molecule has 2 fully saturated rings. The van der Waals surface area contributed by atoms with E-state index in [1.165, 1.54) is 19.1 Å². The number of anilines is 1. The predicted octanol–water partition coefficient (Wildman–Crippen LogP) is 4.08. The number of benzene rings is 1. The van der Waals surface area contributed by atoms with Gasteiger partial charge >= 0.3 is 12.1 Å². The molecule has 1 aromatic rings. The van der Waals surface area contributed by atoms with Gasteiger partial charge in [-0.1, -0.05) is 49.2 Å². The first-order valence-electron chi connectivity index (χ1n) is 14.3. The van der Waals surface area contributed by atoms with Crippen molar-refractivity contribution in [3.63, 3.8) is 0 Å². The van der Waals surface area contributed by atoms with Gasteiger partial charge < -0.3 is 33.7 Å². The fourth-order valence-corrected chi connectivity index (χ4v) is 6.16. The van der Waals surface area contributed by atoms with Crippen molar-refractivity contribution in [3.05, 3.63) is 46.5 Å². The zero-order valence-electron chi connectivity index (χ0n) is 25.6. The summed E-state index contributed by atoms with van der Waals surface area (Å²) < 4.78 is 28.6. The molecule has 0 saturated carbocycles. The Labute approximate surface area is 257 Å². The van der Waals surface area contributed by atoms with Gasteiger partial charge in [0.2, 0.25) is 5.91 Å². The van der Waals surface area contributed by atoms with Crippen molar-refractivity contribution in [1.82, 2.24) is 5.32 Å². The van der Waals surface area contributed by atoms with Crippen LogP contribution in [0.2, 0.25) is 5.02 Å². The summed E-state index contributed by atoms with van der Waals surface area (Å²) in [6.07, 6.45) is 1.81. The maximum atomic E-state index is 13.7. The molecule has 4 bridgehead atoms. The van der Waals surface area contributed by atoms with Gasteiger partial charge in [0.05, 0.1) is 25.3 Å². The summed E-state index contributed by atoms with van der Waals surface area (Å²) in [5, 5.41) is 14.3. The van der Waals surface area contributed by atoms with Gasteiger partial charge in [0, 0.05) is 32.9 Å². The highest BCUT2D eigenvalue weighted by Gasteiger charge is 2.64. The molecule has 0 unspecified atom stereocenters. The first kappa shape index (κ1) is 32.8. The maximum absolute atomic E-state index is 13.7. The molecule has 2 saturated heterocycles. The van der Waals surface area contributed by atoms with E-state index in [4.69, 9.17) is 35.3 Å². The quantitative estimate of drug-likeness (QED) is 0.377. The van der Waals surface area contributed by atoms with Crippen molar-refractivity contribution < 1.29 is 43.2 Å². The number of esters is 1. The number of carbonyl (C=O) groups excluding carboxylic acids is 3. The molecule has 0 aliphatic carbocycles. The third-order valence-electron chi connectivity index (χ3n) is 8.51. The zero-order valence-corrected chi connectivity index (χ0v) is 26.4. The number of alkyl carbamates (subject to hydrolysis) is 1. The maximum Gasteiger partial charge on any atom is 0.409 e. The number of nitrogens with zero attached hydrogens (tertiary/aromatic N) is 1. The number of halogens is 1. The lowest BCUT2D eigenvalue weighted by molar-refractivity contribution is -0.153. The lowest BCUT2D eigenvalue weighted by atomic mass is 9.83. The van der Waals surface area contributed by atoms with E-state index in [-0.39, 0.29) is 30.2 Å². The summed E-state index contributed by atoms with van der Waals surface area (Å²) in [4.78, 5) is 40.2. The third-order valence-corrected chi connectivity index (χ3v) is 8.89. The third kappa shape index (κ3) is 6.85. The molecule has 0 radical (unpaired) electrons. The number of nitrogens with one attached hydrogen (secondary N) is 1. The summed E-state index contributed by atoms with van der Waals surface area (Å²) in [5.74, 6) is -0.854. The van der Waals surface area contributed by atoms with Crippen LogP contribution in [0.5, 0.6) is 5.75 Å². The zero-order chi connectivity index (χ0) is 31.7. The fourth-order valence-electron chi connectivity index (χ4n) is 5.85. The molecule has 2 amide bonds. The highest BCUT2D eigenvalue weighted by molar-refractivity contribution is 6.35. The number of methoxy groups -OCH3 is 2. The van der Waals surface area contributed by atoms with Crippen LogP contribution in [0.15, 0.2) is 35.9 Å². The van der Waals surface area contributed by atoms with Crippen LogP contribution in [0.3, 0.4) is 0 Å². The van der Waals surface area contributed by atoms with Gasteiger partial charge in [0.1, 0.15) is 34.7 Å². The van der Waals surface area contributed by atoms with Crippen molar-refractivity contribution in [3.8, 4) is 5.75 Å². The van der Waals surface area contributed by atoms with Crippen LogP contribution in [-0.2, 0) is 35.0 Å². The normalized spacial score (nSPS) is 34.3. The van der Waals surface area contributed by atoms with Crippen molar-refractivity contribution in [2.45, 2.75) is 89.1 Å². The number of amides is 2. The van der Waals surface area contributed by atoms with Gasteiger partial charge in [-0.2, -0.15) is 0 Å². The van der Waals surface area contributed by atoms with Crippen molar-refractivity contribution in [1.29, 1.82) is 0 Å². The lowest BCUT2D eigenvalue weighted by Crippen LogP contribution is -2.63. The number of hydrogen-bond acceptors (Lipinski definition) is 9. The van der Waals surface area contributed by atoms with Crippen molar-refractivity contribution >= 4 is 35.3 Å². The minimum absolute atomic E-state index is 0.00655. The van der Waals surface area contributed by atoms with E-state index in [2.05, 4.69) is 5.32 Å². The topological polar surface area (TPSA) is 136 Å². The Morgan fingerprint density at radius 2 is 2.00 bits per heavy atom. The van der Waals surface area contributed by atoms with E-state index in [1.807, 2.05) is 32.1 Å². The van der Waals surface area contributed by atoms with Gasteiger partial charge in [-0.3, -0.25) is 14.9 Å². The van der Waals surface area contributed by atoms with Crippen LogP contribution in [0.4, 0.5) is 10.5 Å². The van der Waals surface area contributed by atoms with E-state index in [0.29, 0.717) is 17.9 Å². The van der Waals surface area contributed by atoms with Crippen LogP contribution < -0.4 is 15.0 Å². The molecule has 12 heteroatoms. The van der Waals surface area contributed by atoms with E-state index in [9.17, 15) is 19.5 Å². The number of allylic oxidation sites excluding steroid dienone is 3. The Balaban J connectivity index is 1.79. The largest absolute Gasteiger partial charge is 0.495 e. The Morgan fingerprint density at radius 1 is 1.28 bits per heavy atom. The molecule has 3 aliphatic rings. The highest BCUT2D eigenvalue weighted by Crippen LogP contribution is 2.49. The van der Waals surface area contributed by atoms with Crippen molar-refractivity contribution in [2.24, 2.45) is 5.92 Å². The van der Waals surface area contributed by atoms with Gasteiger partial charge in [0.15, 0.2) is 5.72 Å². The van der Waals surface area contributed by atoms with E-state index in [1.54, 1.807) is 33.0 Å². The fraction of sp³-hybridized carbons (Fsp3) is 0.581. The predicted molar refractivity (Wildman–Crippen MR) is 159 cm³/mol. The van der Waals surface area contributed by atoms with Crippen LogP contribution in [0.25, 0.3) is 0 Å². The van der Waals surface area contributed by atoms with Crippen LogP contribution >= 0.6 is 11.6 Å². The number of aliphatic hydroxyl groups is 1. The first-order chi connectivity index (χ1) is 20.3. The summed E-state index contributed by atoms with van der Waals surface area (Å²) >= 11 is 6.66. The van der Waals surface area contributed by atoms with Crippen LogP contribution in [0, 0.1) is 5.92 Å². The molecule has 11 nitrogen and oxygen atoms in total. The summed E-state index contributed by atoms with van der Waals surface area (Å²) in [6.45, 7) is 7.20. The Bertz CT molecular complexity index is 1320. The monoisotopic (exact) mass is 620 g/mol. The van der Waals surface area contributed by atoms with E-state index in [0.717, 1.165) is 11.1 Å². The van der Waals surface area contributed by atoms with Gasteiger partial charge in [0.25, 0.3) is 0 Å². The molecule has 7 atom stereocenters. The Morgan fingerprint density at radius 3 is 2.65 bits per heavy atom. The SMILES string of the molecule is CCC(=O)O[C@H]1CC(=O)N(C)c2cc(cc(OC)c2Cl)C/C(C)=C/C=C[C@@H](OC)[C@@]2(O)C[C@H](OC(=O)N2)[C@@H](C)[C@H]2O[C@@]12C. The molecule has 0 aromatic heterocycles. The molecule has 4 rings (SSSR count). The summed E-state index contributed by atoms with van der Waals surface area (Å²) in [5.41, 5.74) is -0.564.